The molecule has 8 heteroatoms. The van der Waals surface area contributed by atoms with E-state index in [0.717, 1.165) is 11.3 Å². The fraction of sp³-hybridized carbons (Fsp3) is 0.269. The van der Waals surface area contributed by atoms with Crippen molar-refractivity contribution in [3.8, 4) is 5.75 Å². The molecule has 1 amide bonds. The Labute approximate surface area is 196 Å². The molecule has 2 aliphatic heterocycles. The molecule has 0 aliphatic carbocycles. The second-order valence-electron chi connectivity index (χ2n) is 8.70. The van der Waals surface area contributed by atoms with Crippen LogP contribution in [-0.2, 0) is 22.6 Å². The second-order valence-corrected chi connectivity index (χ2v) is 8.70. The number of ether oxygens (including phenoxy) is 1. The molecule has 0 bridgehead atoms. The van der Waals surface area contributed by atoms with Gasteiger partial charge in [0, 0.05) is 24.9 Å². The van der Waals surface area contributed by atoms with Crippen molar-refractivity contribution in [3.05, 3.63) is 89.3 Å². The van der Waals surface area contributed by atoms with Gasteiger partial charge >= 0.3 is 0 Å². The predicted octanol–water partition coefficient (Wildman–Crippen LogP) is 3.28. The molecular formula is C26H25FN3O4+. The maximum atomic E-state index is 13.6. The van der Waals surface area contributed by atoms with Crippen LogP contribution in [0, 0.1) is 5.82 Å². The van der Waals surface area contributed by atoms with E-state index < -0.39 is 23.5 Å². The van der Waals surface area contributed by atoms with Gasteiger partial charge in [0.05, 0.1) is 18.2 Å². The zero-order chi connectivity index (χ0) is 23.8. The number of Topliss-reactive ketones (excluding diaryl/α,β-unsaturated/α-hetero) is 1. The molecule has 7 nitrogen and oxygen atoms in total. The van der Waals surface area contributed by atoms with Crippen molar-refractivity contribution in [3.63, 3.8) is 0 Å². The zero-order valence-corrected chi connectivity index (χ0v) is 18.7. The zero-order valence-electron chi connectivity index (χ0n) is 18.7. The van der Waals surface area contributed by atoms with Gasteiger partial charge in [0.25, 0.3) is 11.7 Å². The highest BCUT2D eigenvalue weighted by Gasteiger charge is 2.46. The number of aliphatic hydroxyl groups excluding tert-OH is 1. The lowest BCUT2D eigenvalue weighted by Crippen LogP contribution is -2.36. The summed E-state index contributed by atoms with van der Waals surface area (Å²) in [6.45, 7) is 2.91. The van der Waals surface area contributed by atoms with Gasteiger partial charge < -0.3 is 14.7 Å². The topological polar surface area (TPSA) is 86.5 Å². The number of likely N-dealkylation sites (tertiary alicyclic amines) is 1. The molecule has 2 aromatic carbocycles. The molecule has 34 heavy (non-hydrogen) atoms. The summed E-state index contributed by atoms with van der Waals surface area (Å²) >= 11 is 0. The number of carbonyl (C=O) groups excluding carboxylic acids is 2. The average molecular weight is 463 g/mol. The summed E-state index contributed by atoms with van der Waals surface area (Å²) < 4.78 is 21.3. The SMILES string of the molecule is CC1Cc2cc(/C(O)=C3\C(=O)C(=O)N(CCC[n+]4cc[nH]c4)C3c3ccc(F)cc3)ccc2O1. The number of imidazole rings is 1. The van der Waals surface area contributed by atoms with E-state index in [1.807, 2.05) is 24.0 Å². The van der Waals surface area contributed by atoms with Gasteiger partial charge in [-0.1, -0.05) is 12.1 Å². The third-order valence-electron chi connectivity index (χ3n) is 6.31. The van der Waals surface area contributed by atoms with Crippen LogP contribution in [0.3, 0.4) is 0 Å². The summed E-state index contributed by atoms with van der Waals surface area (Å²) in [5.41, 5.74) is 1.96. The van der Waals surface area contributed by atoms with Gasteiger partial charge in [-0.05, 0) is 48.4 Å². The van der Waals surface area contributed by atoms with Gasteiger partial charge in [0.2, 0.25) is 6.33 Å². The Morgan fingerprint density at radius 2 is 2.03 bits per heavy atom. The summed E-state index contributed by atoms with van der Waals surface area (Å²) in [5, 5.41) is 11.2. The number of hydrogen-bond acceptors (Lipinski definition) is 4. The van der Waals surface area contributed by atoms with E-state index in [0.29, 0.717) is 37.1 Å². The summed E-state index contributed by atoms with van der Waals surface area (Å²) in [6, 6.07) is 10.1. The molecular weight excluding hydrogens is 437 g/mol. The van der Waals surface area contributed by atoms with Gasteiger partial charge in [-0.25, -0.2) is 8.96 Å². The molecule has 2 atom stereocenters. The molecule has 0 saturated carbocycles. The molecule has 2 unspecified atom stereocenters. The van der Waals surface area contributed by atoms with Gasteiger partial charge in [-0.2, -0.15) is 0 Å². The number of hydrogen-bond donors (Lipinski definition) is 2. The maximum Gasteiger partial charge on any atom is 0.295 e. The highest BCUT2D eigenvalue weighted by molar-refractivity contribution is 6.46. The molecule has 1 aromatic heterocycles. The number of benzene rings is 2. The Balaban J connectivity index is 1.52. The van der Waals surface area contributed by atoms with E-state index in [9.17, 15) is 19.1 Å². The van der Waals surface area contributed by atoms with Gasteiger partial charge in [0.1, 0.15) is 35.8 Å². The monoisotopic (exact) mass is 462 g/mol. The van der Waals surface area contributed by atoms with Crippen molar-refractivity contribution < 1.29 is 28.4 Å². The molecule has 3 heterocycles. The van der Waals surface area contributed by atoms with Crippen LogP contribution in [-0.4, -0.2) is 39.3 Å². The molecule has 5 rings (SSSR count). The number of carbonyl (C=O) groups is 2. The van der Waals surface area contributed by atoms with E-state index >= 15 is 0 Å². The number of halogens is 1. The first kappa shape index (κ1) is 21.9. The number of aliphatic hydroxyl groups is 1. The molecule has 174 valence electrons. The lowest BCUT2D eigenvalue weighted by atomic mass is 9.94. The van der Waals surface area contributed by atoms with Crippen molar-refractivity contribution in [1.82, 2.24) is 9.88 Å². The molecule has 0 spiro atoms. The first-order chi connectivity index (χ1) is 16.4. The van der Waals surface area contributed by atoms with Gasteiger partial charge in [-0.15, -0.1) is 0 Å². The second kappa shape index (κ2) is 8.78. The third kappa shape index (κ3) is 3.96. The minimum absolute atomic E-state index is 0.0119. The number of fused-ring (bicyclic) bond motifs is 1. The molecule has 1 saturated heterocycles. The van der Waals surface area contributed by atoms with Crippen molar-refractivity contribution in [2.75, 3.05) is 6.54 Å². The molecule has 2 aliphatic rings. The van der Waals surface area contributed by atoms with E-state index in [2.05, 4.69) is 4.98 Å². The summed E-state index contributed by atoms with van der Waals surface area (Å²) in [4.78, 5) is 30.6. The van der Waals surface area contributed by atoms with Crippen molar-refractivity contribution in [2.24, 2.45) is 0 Å². The minimum atomic E-state index is -0.805. The van der Waals surface area contributed by atoms with E-state index in [-0.39, 0.29) is 17.4 Å². The number of nitrogens with zero attached hydrogens (tertiary/aromatic N) is 2. The Morgan fingerprint density at radius 1 is 1.24 bits per heavy atom. The van der Waals surface area contributed by atoms with E-state index in [1.165, 1.54) is 17.0 Å². The van der Waals surface area contributed by atoms with Crippen LogP contribution < -0.4 is 9.30 Å². The molecule has 0 radical (unpaired) electrons. The van der Waals surface area contributed by atoms with Crippen LogP contribution in [0.5, 0.6) is 5.75 Å². The van der Waals surface area contributed by atoms with E-state index in [1.54, 1.807) is 36.5 Å². The number of ketones is 1. The molecule has 2 N–H and O–H groups in total. The number of amides is 1. The highest BCUT2D eigenvalue weighted by Crippen LogP contribution is 2.40. The Bertz CT molecular complexity index is 1270. The first-order valence-corrected chi connectivity index (χ1v) is 11.3. The number of H-pyrrole nitrogens is 1. The Kier molecular flexibility index (Phi) is 5.65. The van der Waals surface area contributed by atoms with Crippen LogP contribution in [0.4, 0.5) is 4.39 Å². The number of nitrogens with one attached hydrogen (secondary N) is 1. The number of aromatic nitrogens is 2. The Hall–Kier alpha value is -3.94. The van der Waals surface area contributed by atoms with Gasteiger partial charge in [-0.3, -0.25) is 14.6 Å². The van der Waals surface area contributed by atoms with Crippen molar-refractivity contribution in [2.45, 2.75) is 38.5 Å². The number of aromatic amines is 1. The first-order valence-electron chi connectivity index (χ1n) is 11.3. The standard InChI is InChI=1S/C26H24FN3O4/c1-16-13-19-14-18(5-8-21(19)34-16)24(31)22-23(17-3-6-20(27)7-4-17)30(26(33)25(22)32)11-2-10-29-12-9-28-15-29/h3-9,12,14-16,23H,2,10-11,13H2,1H3,(H,31,32)/p+1. The summed E-state index contributed by atoms with van der Waals surface area (Å²) in [6.07, 6.45) is 6.82. The van der Waals surface area contributed by atoms with Crippen LogP contribution in [0.2, 0.25) is 0 Å². The van der Waals surface area contributed by atoms with Crippen LogP contribution in [0.15, 0.2) is 66.8 Å². The molecule has 1 fully saturated rings. The third-order valence-corrected chi connectivity index (χ3v) is 6.31. The largest absolute Gasteiger partial charge is 0.507 e. The van der Waals surface area contributed by atoms with Crippen molar-refractivity contribution in [1.29, 1.82) is 0 Å². The minimum Gasteiger partial charge on any atom is -0.507 e. The summed E-state index contributed by atoms with van der Waals surface area (Å²) in [7, 11) is 0. The number of aryl methyl sites for hydroxylation is 1. The predicted molar refractivity (Wildman–Crippen MR) is 121 cm³/mol. The van der Waals surface area contributed by atoms with Crippen LogP contribution in [0.25, 0.3) is 5.76 Å². The smallest absolute Gasteiger partial charge is 0.295 e. The van der Waals surface area contributed by atoms with Gasteiger partial charge in [0.15, 0.2) is 0 Å². The van der Waals surface area contributed by atoms with Crippen LogP contribution in [0.1, 0.15) is 36.1 Å². The lowest BCUT2D eigenvalue weighted by Gasteiger charge is -2.25. The lowest BCUT2D eigenvalue weighted by molar-refractivity contribution is -0.695. The quantitative estimate of drug-likeness (QED) is 0.255. The average Bonchev–Trinajstić information content (AvgIpc) is 3.53. The normalized spacial score (nSPS) is 21.1. The maximum absolute atomic E-state index is 13.6. The highest BCUT2D eigenvalue weighted by atomic mass is 19.1. The Morgan fingerprint density at radius 3 is 2.76 bits per heavy atom. The van der Waals surface area contributed by atoms with E-state index in [4.69, 9.17) is 4.74 Å². The fourth-order valence-electron chi connectivity index (χ4n) is 4.71. The molecule has 3 aromatic rings. The van der Waals surface area contributed by atoms with Crippen molar-refractivity contribution >= 4 is 17.4 Å². The fourth-order valence-corrected chi connectivity index (χ4v) is 4.71. The van der Waals surface area contributed by atoms with Crippen LogP contribution >= 0.6 is 0 Å². The summed E-state index contributed by atoms with van der Waals surface area (Å²) in [5.74, 6) is -1.32. The number of rotatable bonds is 6.